The number of hydrogen-bond acceptors (Lipinski definition) is 4. The van der Waals surface area contributed by atoms with E-state index in [2.05, 4.69) is 5.32 Å². The van der Waals surface area contributed by atoms with Gasteiger partial charge in [-0.25, -0.2) is 0 Å². The van der Waals surface area contributed by atoms with Crippen molar-refractivity contribution in [3.63, 3.8) is 0 Å². The summed E-state index contributed by atoms with van der Waals surface area (Å²) in [4.78, 5) is 10.9. The Bertz CT molecular complexity index is 129. The first-order chi connectivity index (χ1) is 6.31. The van der Waals surface area contributed by atoms with Gasteiger partial charge in [0, 0.05) is 20.8 Å². The lowest BCUT2D eigenvalue weighted by atomic mass is 10.6. The van der Waals surface area contributed by atoms with Crippen LogP contribution >= 0.6 is 0 Å². The van der Waals surface area contributed by atoms with E-state index in [1.165, 1.54) is 0 Å². The Balaban J connectivity index is 3.11. The highest BCUT2D eigenvalue weighted by atomic mass is 16.5. The van der Waals surface area contributed by atoms with E-state index in [9.17, 15) is 4.79 Å². The van der Waals surface area contributed by atoms with Crippen LogP contribution in [0.4, 0.5) is 0 Å². The zero-order valence-electron chi connectivity index (χ0n) is 8.17. The standard InChI is InChI=1S/C8H17NO4/c1-11-4-3-9-8(10)7-13-6-5-12-2/h3-7H2,1-2H3,(H,9,10). The van der Waals surface area contributed by atoms with Crippen LogP contribution in [-0.2, 0) is 19.0 Å². The van der Waals surface area contributed by atoms with Crippen molar-refractivity contribution in [2.75, 3.05) is 47.2 Å². The van der Waals surface area contributed by atoms with Gasteiger partial charge in [0.05, 0.1) is 19.8 Å². The summed E-state index contributed by atoms with van der Waals surface area (Å²) in [5.74, 6) is -0.131. The average molecular weight is 191 g/mol. The van der Waals surface area contributed by atoms with Gasteiger partial charge in [0.25, 0.3) is 0 Å². The molecular weight excluding hydrogens is 174 g/mol. The topological polar surface area (TPSA) is 56.8 Å². The molecule has 0 rings (SSSR count). The van der Waals surface area contributed by atoms with Crippen LogP contribution in [0.25, 0.3) is 0 Å². The molecule has 0 saturated carbocycles. The van der Waals surface area contributed by atoms with E-state index in [1.54, 1.807) is 14.2 Å². The third-order valence-electron chi connectivity index (χ3n) is 1.29. The van der Waals surface area contributed by atoms with Crippen molar-refractivity contribution in [3.05, 3.63) is 0 Å². The molecule has 0 bridgehead atoms. The normalized spacial score (nSPS) is 10.0. The molecule has 0 heterocycles. The first-order valence-electron chi connectivity index (χ1n) is 4.13. The molecule has 13 heavy (non-hydrogen) atoms. The highest BCUT2D eigenvalue weighted by Crippen LogP contribution is 1.76. The molecule has 0 spiro atoms. The van der Waals surface area contributed by atoms with E-state index in [-0.39, 0.29) is 12.5 Å². The fraction of sp³-hybridized carbons (Fsp3) is 0.875. The maximum absolute atomic E-state index is 10.9. The van der Waals surface area contributed by atoms with Gasteiger partial charge >= 0.3 is 0 Å². The average Bonchev–Trinajstić information content (AvgIpc) is 2.13. The van der Waals surface area contributed by atoms with Gasteiger partial charge in [-0.15, -0.1) is 0 Å². The number of carbonyl (C=O) groups excluding carboxylic acids is 1. The number of hydrogen-bond donors (Lipinski definition) is 1. The van der Waals surface area contributed by atoms with E-state index >= 15 is 0 Å². The first-order valence-corrected chi connectivity index (χ1v) is 4.13. The molecule has 5 nitrogen and oxygen atoms in total. The van der Waals surface area contributed by atoms with Crippen LogP contribution in [-0.4, -0.2) is 53.1 Å². The summed E-state index contributed by atoms with van der Waals surface area (Å²) in [6.45, 7) is 2.05. The Kier molecular flexibility index (Phi) is 8.97. The number of carbonyl (C=O) groups is 1. The maximum atomic E-state index is 10.9. The Labute approximate surface area is 78.3 Å². The molecule has 5 heteroatoms. The minimum atomic E-state index is -0.131. The molecule has 78 valence electrons. The SMILES string of the molecule is COCCNC(=O)COCCOC. The number of methoxy groups -OCH3 is 2. The summed E-state index contributed by atoms with van der Waals surface area (Å²) in [5.41, 5.74) is 0. The van der Waals surface area contributed by atoms with Crippen molar-refractivity contribution < 1.29 is 19.0 Å². The van der Waals surface area contributed by atoms with Gasteiger partial charge in [0.1, 0.15) is 6.61 Å². The van der Waals surface area contributed by atoms with Crippen molar-refractivity contribution in [2.45, 2.75) is 0 Å². The van der Waals surface area contributed by atoms with Gasteiger partial charge in [-0.3, -0.25) is 4.79 Å². The number of rotatable bonds is 8. The van der Waals surface area contributed by atoms with Crippen molar-refractivity contribution in [3.8, 4) is 0 Å². The zero-order valence-corrected chi connectivity index (χ0v) is 8.17. The van der Waals surface area contributed by atoms with Crippen LogP contribution in [0.5, 0.6) is 0 Å². The highest BCUT2D eigenvalue weighted by molar-refractivity contribution is 5.77. The number of nitrogens with one attached hydrogen (secondary N) is 1. The lowest BCUT2D eigenvalue weighted by molar-refractivity contribution is -0.126. The third kappa shape index (κ3) is 9.26. The summed E-state index contributed by atoms with van der Waals surface area (Å²) < 4.78 is 14.5. The minimum Gasteiger partial charge on any atom is -0.383 e. The lowest BCUT2D eigenvalue weighted by Gasteiger charge is -2.04. The van der Waals surface area contributed by atoms with Crippen LogP contribution in [0, 0.1) is 0 Å². The molecule has 1 amide bonds. The van der Waals surface area contributed by atoms with Crippen LogP contribution in [0.1, 0.15) is 0 Å². The molecule has 0 unspecified atom stereocenters. The molecule has 0 aromatic carbocycles. The molecule has 0 aromatic rings. The summed E-state index contributed by atoms with van der Waals surface area (Å²) in [6.07, 6.45) is 0. The summed E-state index contributed by atoms with van der Waals surface area (Å²) in [7, 11) is 3.17. The summed E-state index contributed by atoms with van der Waals surface area (Å²) in [6, 6.07) is 0. The predicted molar refractivity (Wildman–Crippen MR) is 47.6 cm³/mol. The van der Waals surface area contributed by atoms with Gasteiger partial charge in [-0.05, 0) is 0 Å². The minimum absolute atomic E-state index is 0.0765. The second-order valence-corrected chi connectivity index (χ2v) is 2.39. The zero-order chi connectivity index (χ0) is 9.94. The van der Waals surface area contributed by atoms with Crippen LogP contribution < -0.4 is 5.32 Å². The van der Waals surface area contributed by atoms with Gasteiger partial charge in [-0.2, -0.15) is 0 Å². The largest absolute Gasteiger partial charge is 0.383 e. The van der Waals surface area contributed by atoms with Crippen LogP contribution in [0.2, 0.25) is 0 Å². The molecule has 0 aliphatic heterocycles. The lowest BCUT2D eigenvalue weighted by Crippen LogP contribution is -2.30. The molecule has 0 aliphatic rings. The number of ether oxygens (including phenoxy) is 3. The molecule has 0 fully saturated rings. The Hall–Kier alpha value is -0.650. The second kappa shape index (κ2) is 9.44. The number of amides is 1. The molecular formula is C8H17NO4. The highest BCUT2D eigenvalue weighted by Gasteiger charge is 1.98. The fourth-order valence-electron chi connectivity index (χ4n) is 0.651. The quantitative estimate of drug-likeness (QED) is 0.521. The predicted octanol–water partition coefficient (Wildman–Crippen LogP) is -0.588. The van der Waals surface area contributed by atoms with Crippen molar-refractivity contribution in [1.29, 1.82) is 0 Å². The Morgan fingerprint density at radius 2 is 1.85 bits per heavy atom. The smallest absolute Gasteiger partial charge is 0.246 e. The van der Waals surface area contributed by atoms with Crippen molar-refractivity contribution >= 4 is 5.91 Å². The van der Waals surface area contributed by atoms with Gasteiger partial charge in [-0.1, -0.05) is 0 Å². The fourth-order valence-corrected chi connectivity index (χ4v) is 0.651. The molecule has 0 radical (unpaired) electrons. The van der Waals surface area contributed by atoms with Crippen molar-refractivity contribution in [2.24, 2.45) is 0 Å². The molecule has 0 atom stereocenters. The van der Waals surface area contributed by atoms with E-state index < -0.39 is 0 Å². The van der Waals surface area contributed by atoms with E-state index in [0.29, 0.717) is 26.4 Å². The van der Waals surface area contributed by atoms with Crippen LogP contribution in [0.3, 0.4) is 0 Å². The van der Waals surface area contributed by atoms with E-state index in [4.69, 9.17) is 14.2 Å². The van der Waals surface area contributed by atoms with Gasteiger partial charge < -0.3 is 19.5 Å². The summed E-state index contributed by atoms with van der Waals surface area (Å²) >= 11 is 0. The molecule has 0 aliphatic carbocycles. The first kappa shape index (κ1) is 12.3. The molecule has 0 saturated heterocycles. The molecule has 1 N–H and O–H groups in total. The monoisotopic (exact) mass is 191 g/mol. The van der Waals surface area contributed by atoms with Crippen molar-refractivity contribution in [1.82, 2.24) is 5.32 Å². The van der Waals surface area contributed by atoms with Gasteiger partial charge in [0.2, 0.25) is 5.91 Å². The van der Waals surface area contributed by atoms with Crippen LogP contribution in [0.15, 0.2) is 0 Å². The maximum Gasteiger partial charge on any atom is 0.246 e. The summed E-state index contributed by atoms with van der Waals surface area (Å²) in [5, 5.41) is 2.63. The van der Waals surface area contributed by atoms with Gasteiger partial charge in [0.15, 0.2) is 0 Å². The Morgan fingerprint density at radius 3 is 2.46 bits per heavy atom. The second-order valence-electron chi connectivity index (χ2n) is 2.39. The van der Waals surface area contributed by atoms with E-state index in [1.807, 2.05) is 0 Å². The third-order valence-corrected chi connectivity index (χ3v) is 1.29. The molecule has 0 aromatic heterocycles. The van der Waals surface area contributed by atoms with E-state index in [0.717, 1.165) is 0 Å². The Morgan fingerprint density at radius 1 is 1.15 bits per heavy atom.